The monoisotopic (exact) mass is 258 g/mol. The number of aromatic nitrogens is 2. The van der Waals surface area contributed by atoms with E-state index in [9.17, 15) is 0 Å². The Hall–Kier alpha value is -1.03. The van der Waals surface area contributed by atoms with E-state index in [-0.39, 0.29) is 5.38 Å². The topological polar surface area (TPSA) is 44.2 Å². The molecule has 1 heterocycles. The van der Waals surface area contributed by atoms with Crippen LogP contribution in [0.15, 0.2) is 6.07 Å². The maximum atomic E-state index is 6.24. The first kappa shape index (κ1) is 14.0. The van der Waals surface area contributed by atoms with Crippen LogP contribution in [0.5, 0.6) is 11.8 Å². The van der Waals surface area contributed by atoms with E-state index in [2.05, 4.69) is 23.8 Å². The van der Waals surface area contributed by atoms with Crippen LogP contribution < -0.4 is 9.47 Å². The molecule has 1 rings (SSSR count). The van der Waals surface area contributed by atoms with E-state index >= 15 is 0 Å². The molecule has 0 aliphatic heterocycles. The Bertz CT molecular complexity index is 336. The Morgan fingerprint density at radius 2 is 1.71 bits per heavy atom. The zero-order valence-electron chi connectivity index (χ0n) is 10.7. The number of ether oxygens (including phenoxy) is 2. The van der Waals surface area contributed by atoms with Crippen LogP contribution in [0.1, 0.15) is 26.1 Å². The van der Waals surface area contributed by atoms with Crippen LogP contribution in [0.4, 0.5) is 0 Å². The van der Waals surface area contributed by atoms with Crippen molar-refractivity contribution in [3.05, 3.63) is 11.9 Å². The van der Waals surface area contributed by atoms with Gasteiger partial charge in [-0.1, -0.05) is 13.8 Å². The second kappa shape index (κ2) is 6.64. The van der Waals surface area contributed by atoms with Gasteiger partial charge >= 0.3 is 0 Å². The summed E-state index contributed by atoms with van der Waals surface area (Å²) in [5.41, 5.74) is 0. The average molecular weight is 259 g/mol. The third-order valence-corrected chi connectivity index (χ3v) is 2.61. The minimum absolute atomic E-state index is 0.0341. The Morgan fingerprint density at radius 1 is 1.18 bits per heavy atom. The Kier molecular flexibility index (Phi) is 5.48. The van der Waals surface area contributed by atoms with Gasteiger partial charge < -0.3 is 9.47 Å². The lowest BCUT2D eigenvalue weighted by Gasteiger charge is -2.12. The van der Waals surface area contributed by atoms with Gasteiger partial charge in [-0.15, -0.1) is 11.6 Å². The average Bonchev–Trinajstić information content (AvgIpc) is 2.27. The summed E-state index contributed by atoms with van der Waals surface area (Å²) in [5, 5.41) is 0.0341. The van der Waals surface area contributed by atoms with E-state index in [1.807, 2.05) is 0 Å². The molecular formula is C12H19ClN2O2. The molecule has 0 radical (unpaired) electrons. The molecule has 4 nitrogen and oxygen atoms in total. The quantitative estimate of drug-likeness (QED) is 0.736. The second-order valence-electron chi connectivity index (χ2n) is 4.30. The minimum Gasteiger partial charge on any atom is -0.481 e. The predicted molar refractivity (Wildman–Crippen MR) is 67.9 cm³/mol. The predicted octanol–water partition coefficient (Wildman–Crippen LogP) is 2.69. The SMILES string of the molecule is COc1cc(OC)nc(CC(Cl)CC(C)C)n1. The van der Waals surface area contributed by atoms with Gasteiger partial charge in [-0.25, -0.2) is 0 Å². The molecule has 0 N–H and O–H groups in total. The van der Waals surface area contributed by atoms with E-state index in [0.29, 0.717) is 29.9 Å². The number of hydrogen-bond donors (Lipinski definition) is 0. The highest BCUT2D eigenvalue weighted by Gasteiger charge is 2.12. The van der Waals surface area contributed by atoms with Crippen LogP contribution in [0.25, 0.3) is 0 Å². The summed E-state index contributed by atoms with van der Waals surface area (Å²) in [6, 6.07) is 1.65. The molecule has 1 unspecified atom stereocenters. The van der Waals surface area contributed by atoms with Crippen molar-refractivity contribution < 1.29 is 9.47 Å². The van der Waals surface area contributed by atoms with E-state index in [0.717, 1.165) is 6.42 Å². The molecule has 0 bridgehead atoms. The number of alkyl halides is 1. The molecule has 5 heteroatoms. The first-order valence-electron chi connectivity index (χ1n) is 5.65. The minimum atomic E-state index is 0.0341. The zero-order chi connectivity index (χ0) is 12.8. The lowest BCUT2D eigenvalue weighted by molar-refractivity contribution is 0.367. The normalized spacial score (nSPS) is 12.6. The third kappa shape index (κ3) is 4.77. The number of rotatable bonds is 6. The highest BCUT2D eigenvalue weighted by molar-refractivity contribution is 6.20. The third-order valence-electron chi connectivity index (χ3n) is 2.27. The maximum absolute atomic E-state index is 6.24. The van der Waals surface area contributed by atoms with Crippen molar-refractivity contribution in [3.63, 3.8) is 0 Å². The molecule has 0 aliphatic rings. The Labute approximate surface area is 107 Å². The highest BCUT2D eigenvalue weighted by Crippen LogP contribution is 2.19. The fourth-order valence-electron chi connectivity index (χ4n) is 1.54. The summed E-state index contributed by atoms with van der Waals surface area (Å²) in [4.78, 5) is 8.50. The first-order chi connectivity index (χ1) is 8.05. The molecule has 0 saturated heterocycles. The second-order valence-corrected chi connectivity index (χ2v) is 4.92. The standard InChI is InChI=1S/C12H19ClN2O2/c1-8(2)5-9(13)6-10-14-11(16-3)7-12(15-10)17-4/h7-9H,5-6H2,1-4H3. The number of halogens is 1. The summed E-state index contributed by atoms with van der Waals surface area (Å²) >= 11 is 6.24. The molecule has 0 aliphatic carbocycles. The fourth-order valence-corrected chi connectivity index (χ4v) is 2.04. The lowest BCUT2D eigenvalue weighted by atomic mass is 10.1. The largest absolute Gasteiger partial charge is 0.481 e. The van der Waals surface area contributed by atoms with Crippen molar-refractivity contribution in [1.82, 2.24) is 9.97 Å². The molecule has 0 fully saturated rings. The summed E-state index contributed by atoms with van der Waals surface area (Å²) in [6.45, 7) is 4.28. The number of methoxy groups -OCH3 is 2. The molecule has 1 aromatic heterocycles. The molecule has 96 valence electrons. The fraction of sp³-hybridized carbons (Fsp3) is 0.667. The van der Waals surface area contributed by atoms with Gasteiger partial charge in [0.15, 0.2) is 0 Å². The molecular weight excluding hydrogens is 240 g/mol. The number of hydrogen-bond acceptors (Lipinski definition) is 4. The van der Waals surface area contributed by atoms with Crippen LogP contribution in [-0.2, 0) is 6.42 Å². The van der Waals surface area contributed by atoms with Gasteiger partial charge in [0, 0.05) is 11.8 Å². The van der Waals surface area contributed by atoms with E-state index in [4.69, 9.17) is 21.1 Å². The molecule has 1 aromatic rings. The van der Waals surface area contributed by atoms with E-state index in [1.165, 1.54) is 0 Å². The van der Waals surface area contributed by atoms with Crippen molar-refractivity contribution in [3.8, 4) is 11.8 Å². The molecule has 0 amide bonds. The zero-order valence-corrected chi connectivity index (χ0v) is 11.5. The Morgan fingerprint density at radius 3 is 2.12 bits per heavy atom. The van der Waals surface area contributed by atoms with E-state index < -0.39 is 0 Å². The molecule has 1 atom stereocenters. The van der Waals surface area contributed by atoms with Crippen molar-refractivity contribution in [1.29, 1.82) is 0 Å². The lowest BCUT2D eigenvalue weighted by Crippen LogP contribution is -2.10. The van der Waals surface area contributed by atoms with Gasteiger partial charge in [-0.3, -0.25) is 0 Å². The van der Waals surface area contributed by atoms with Gasteiger partial charge in [-0.05, 0) is 12.3 Å². The molecule has 0 aromatic carbocycles. The van der Waals surface area contributed by atoms with Crippen LogP contribution in [0.2, 0.25) is 0 Å². The molecule has 0 spiro atoms. The van der Waals surface area contributed by atoms with E-state index in [1.54, 1.807) is 20.3 Å². The van der Waals surface area contributed by atoms with Gasteiger partial charge in [0.2, 0.25) is 11.8 Å². The highest BCUT2D eigenvalue weighted by atomic mass is 35.5. The van der Waals surface area contributed by atoms with Gasteiger partial charge in [0.1, 0.15) is 5.82 Å². The van der Waals surface area contributed by atoms with Crippen molar-refractivity contribution in [2.24, 2.45) is 5.92 Å². The first-order valence-corrected chi connectivity index (χ1v) is 6.08. The van der Waals surface area contributed by atoms with Crippen LogP contribution in [0, 0.1) is 5.92 Å². The summed E-state index contributed by atoms with van der Waals surface area (Å²) in [5.74, 6) is 2.22. The van der Waals surface area contributed by atoms with Crippen LogP contribution >= 0.6 is 11.6 Å². The van der Waals surface area contributed by atoms with Crippen LogP contribution in [0.3, 0.4) is 0 Å². The maximum Gasteiger partial charge on any atom is 0.220 e. The summed E-state index contributed by atoms with van der Waals surface area (Å²) in [7, 11) is 3.13. The van der Waals surface area contributed by atoms with Gasteiger partial charge in [0.05, 0.1) is 20.3 Å². The Balaban J connectivity index is 2.75. The summed E-state index contributed by atoms with van der Waals surface area (Å²) < 4.78 is 10.2. The van der Waals surface area contributed by atoms with Gasteiger partial charge in [-0.2, -0.15) is 9.97 Å². The van der Waals surface area contributed by atoms with Crippen LogP contribution in [-0.4, -0.2) is 29.6 Å². The summed E-state index contributed by atoms with van der Waals surface area (Å²) in [6.07, 6.45) is 1.55. The van der Waals surface area contributed by atoms with Gasteiger partial charge in [0.25, 0.3) is 0 Å². The smallest absolute Gasteiger partial charge is 0.220 e. The number of nitrogens with zero attached hydrogens (tertiary/aromatic N) is 2. The molecule has 0 saturated carbocycles. The van der Waals surface area contributed by atoms with Crippen molar-refractivity contribution >= 4 is 11.6 Å². The molecule has 17 heavy (non-hydrogen) atoms. The van der Waals surface area contributed by atoms with Crippen molar-refractivity contribution in [2.45, 2.75) is 32.1 Å². The van der Waals surface area contributed by atoms with Crippen molar-refractivity contribution in [2.75, 3.05) is 14.2 Å².